The van der Waals surface area contributed by atoms with Crippen LogP contribution in [0.15, 0.2) is 65.0 Å². The van der Waals surface area contributed by atoms with Crippen LogP contribution in [0.2, 0.25) is 0 Å². The molecular weight excluding hydrogens is 664 g/mol. The Morgan fingerprint density at radius 3 is 2.10 bits per heavy atom. The van der Waals surface area contributed by atoms with Crippen molar-refractivity contribution in [2.24, 2.45) is 40.4 Å². The van der Waals surface area contributed by atoms with Crippen LogP contribution < -0.4 is 5.43 Å². The lowest BCUT2D eigenvalue weighted by Gasteiger charge is -2.61. The normalized spacial score (nSPS) is 40.8. The summed E-state index contributed by atoms with van der Waals surface area (Å²) >= 11 is 0. The summed E-state index contributed by atoms with van der Waals surface area (Å²) in [7, 11) is 1.33. The third-order valence-corrected chi connectivity index (χ3v) is 14.2. The highest BCUT2D eigenvalue weighted by molar-refractivity contribution is 5.99. The lowest BCUT2D eigenvalue weighted by Crippen LogP contribution is -2.65. The first-order valence-corrected chi connectivity index (χ1v) is 18.5. The van der Waals surface area contributed by atoms with Gasteiger partial charge in [-0.2, -0.15) is 0 Å². The van der Waals surface area contributed by atoms with Crippen LogP contribution in [0, 0.1) is 40.4 Å². The number of carbonyl (C=O) groups is 4. The standard InChI is InChI=1S/C42H40O10/c1-18(43)49-27-16-25(39(46)48-4)41(2)14-13-24-40(47)51-28(17-42(24,3)38(41)34(27)45)23-15-26-31-32(35(23)50-26)37-30-20-10-6-8-12-22(20)33(44)21-11-7-5-9-19(21)29(30)36(31)52-37/h5-12,15,24-28,31-32,35-38H,13-14,16-17H2,1-4H3/t24-,25-,26?,27-,28-,31?,32?,35?,36?,37?,38-,41-,42-/m0/s1. The number of carbonyl (C=O) groups excluding carboxylic acids is 4. The smallest absolute Gasteiger partial charge is 0.310 e. The van der Waals surface area contributed by atoms with E-state index < -0.39 is 52.7 Å². The number of rotatable bonds is 3. The molecule has 13 atom stereocenters. The summed E-state index contributed by atoms with van der Waals surface area (Å²) in [6.45, 7) is 5.18. The van der Waals surface area contributed by atoms with Gasteiger partial charge in [-0.05, 0) is 63.6 Å². The highest BCUT2D eigenvalue weighted by Gasteiger charge is 2.70. The van der Waals surface area contributed by atoms with Crippen molar-refractivity contribution in [3.05, 3.63) is 81.5 Å². The number of ether oxygens (including phenoxy) is 5. The van der Waals surface area contributed by atoms with E-state index in [9.17, 15) is 24.0 Å². The van der Waals surface area contributed by atoms with Crippen molar-refractivity contribution in [3.8, 4) is 0 Å². The van der Waals surface area contributed by atoms with E-state index in [4.69, 9.17) is 23.7 Å². The Bertz CT molecular complexity index is 2240. The molecule has 0 amide bonds. The van der Waals surface area contributed by atoms with Crippen molar-refractivity contribution >= 4 is 45.2 Å². The van der Waals surface area contributed by atoms with Crippen LogP contribution in [0.1, 0.15) is 69.8 Å². The number of cyclic esters (lactones) is 1. The number of esters is 3. The molecule has 10 nitrogen and oxygen atoms in total. The van der Waals surface area contributed by atoms with Crippen LogP contribution in [0.3, 0.4) is 0 Å². The SMILES string of the molecule is COC(=O)[C@@H]1C[C@H](OC(C)=O)C(=O)[C@H]2[C@@]1(C)CC[C@H]1C(=O)O[C@H](C3=CC4OC3C3C5OC(c6c5c5ccccc5c(=O)c5ccccc65)C43)C[C@]21C. The quantitative estimate of drug-likeness (QED) is 0.197. The summed E-state index contributed by atoms with van der Waals surface area (Å²) < 4.78 is 30.7. The van der Waals surface area contributed by atoms with Gasteiger partial charge in [0.25, 0.3) is 0 Å². The van der Waals surface area contributed by atoms with Crippen molar-refractivity contribution in [2.45, 2.75) is 83.1 Å². The number of methoxy groups -OCH3 is 1. The van der Waals surface area contributed by atoms with Crippen LogP contribution in [0.5, 0.6) is 0 Å². The molecule has 2 aliphatic carbocycles. The first-order valence-electron chi connectivity index (χ1n) is 18.5. The van der Waals surface area contributed by atoms with Gasteiger partial charge in [-0.1, -0.05) is 62.4 Å². The zero-order valence-electron chi connectivity index (χ0n) is 29.5. The second-order valence-electron chi connectivity index (χ2n) is 16.5. The molecule has 52 heavy (non-hydrogen) atoms. The molecular formula is C42H40O10. The number of hydrogen-bond donors (Lipinski definition) is 0. The second-order valence-corrected chi connectivity index (χ2v) is 16.5. The Balaban J connectivity index is 1.04. The highest BCUT2D eigenvalue weighted by atomic mass is 16.6. The van der Waals surface area contributed by atoms with Gasteiger partial charge >= 0.3 is 17.9 Å². The van der Waals surface area contributed by atoms with Gasteiger partial charge in [0.05, 0.1) is 43.4 Å². The second kappa shape index (κ2) is 10.8. The molecule has 7 aliphatic rings. The van der Waals surface area contributed by atoms with E-state index in [0.717, 1.165) is 27.5 Å². The Morgan fingerprint density at radius 1 is 0.827 bits per heavy atom. The van der Waals surface area contributed by atoms with Crippen molar-refractivity contribution < 1.29 is 42.9 Å². The molecule has 0 spiro atoms. The fourth-order valence-corrected chi connectivity index (χ4v) is 12.3. The summed E-state index contributed by atoms with van der Waals surface area (Å²) in [4.78, 5) is 67.8. The predicted octanol–water partition coefficient (Wildman–Crippen LogP) is 5.47. The molecule has 10 heteroatoms. The number of hydrogen-bond acceptors (Lipinski definition) is 10. The van der Waals surface area contributed by atoms with Gasteiger partial charge in [0, 0.05) is 41.9 Å². The Hall–Kier alpha value is -4.41. The average Bonchev–Trinajstić information content (AvgIpc) is 3.90. The maximum Gasteiger partial charge on any atom is 0.310 e. The Labute approximate surface area is 299 Å². The molecule has 4 bridgehead atoms. The largest absolute Gasteiger partial charge is 0.469 e. The number of ketones is 1. The van der Waals surface area contributed by atoms with Gasteiger partial charge in [-0.15, -0.1) is 0 Å². The van der Waals surface area contributed by atoms with E-state index in [1.54, 1.807) is 0 Å². The molecule has 5 aliphatic heterocycles. The van der Waals surface area contributed by atoms with Crippen LogP contribution in [0.4, 0.5) is 0 Å². The summed E-state index contributed by atoms with van der Waals surface area (Å²) in [5.74, 6) is -3.68. The number of fused-ring (bicyclic) bond motifs is 19. The topological polar surface area (TPSA) is 132 Å². The minimum absolute atomic E-state index is 0.00207. The molecule has 0 radical (unpaired) electrons. The molecule has 5 fully saturated rings. The van der Waals surface area contributed by atoms with E-state index in [0.29, 0.717) is 30.0 Å². The molecule has 0 aromatic heterocycles. The first kappa shape index (κ1) is 32.3. The van der Waals surface area contributed by atoms with E-state index in [1.165, 1.54) is 14.0 Å². The molecule has 2 saturated carbocycles. The van der Waals surface area contributed by atoms with Crippen molar-refractivity contribution in [2.75, 3.05) is 7.11 Å². The molecule has 3 saturated heterocycles. The monoisotopic (exact) mass is 704 g/mol. The van der Waals surface area contributed by atoms with Crippen LogP contribution in [-0.2, 0) is 42.9 Å². The van der Waals surface area contributed by atoms with Gasteiger partial charge in [0.2, 0.25) is 0 Å². The average molecular weight is 705 g/mol. The number of benzene rings is 2. The zero-order chi connectivity index (χ0) is 36.0. The molecule has 6 unspecified atom stereocenters. The van der Waals surface area contributed by atoms with E-state index in [1.807, 2.05) is 62.4 Å². The lowest BCUT2D eigenvalue weighted by molar-refractivity contribution is -0.208. The van der Waals surface area contributed by atoms with E-state index >= 15 is 0 Å². The Kier molecular flexibility index (Phi) is 6.71. The van der Waals surface area contributed by atoms with E-state index in [-0.39, 0.29) is 59.9 Å². The van der Waals surface area contributed by atoms with Crippen LogP contribution in [-0.4, -0.2) is 55.2 Å². The molecule has 5 heterocycles. The van der Waals surface area contributed by atoms with Crippen molar-refractivity contribution in [1.82, 2.24) is 0 Å². The van der Waals surface area contributed by atoms with Gasteiger partial charge in [-0.25, -0.2) is 0 Å². The minimum atomic E-state index is -1.11. The van der Waals surface area contributed by atoms with E-state index in [2.05, 4.69) is 6.08 Å². The van der Waals surface area contributed by atoms with Crippen molar-refractivity contribution in [1.29, 1.82) is 0 Å². The summed E-state index contributed by atoms with van der Waals surface area (Å²) in [6, 6.07) is 15.5. The molecule has 10 rings (SSSR count). The van der Waals surface area contributed by atoms with Crippen molar-refractivity contribution in [3.63, 3.8) is 0 Å². The number of Topliss-reactive ketones (excluding diaryl/α,β-unsaturated/α-hetero) is 1. The van der Waals surface area contributed by atoms with Crippen LogP contribution >= 0.6 is 0 Å². The third kappa shape index (κ3) is 4.00. The third-order valence-electron chi connectivity index (χ3n) is 14.2. The van der Waals surface area contributed by atoms with Gasteiger partial charge in [0.1, 0.15) is 6.10 Å². The van der Waals surface area contributed by atoms with Gasteiger partial charge in [-0.3, -0.25) is 24.0 Å². The molecule has 0 N–H and O–H groups in total. The highest BCUT2D eigenvalue weighted by Crippen LogP contribution is 2.69. The molecule has 268 valence electrons. The minimum Gasteiger partial charge on any atom is -0.469 e. The maximum atomic E-state index is 14.4. The summed E-state index contributed by atoms with van der Waals surface area (Å²) in [5.41, 5.74) is 1.29. The van der Waals surface area contributed by atoms with Crippen LogP contribution in [0.25, 0.3) is 21.5 Å². The Morgan fingerprint density at radius 2 is 1.46 bits per heavy atom. The first-order chi connectivity index (χ1) is 25.0. The van der Waals surface area contributed by atoms with Gasteiger partial charge in [0.15, 0.2) is 17.3 Å². The fraction of sp³-hybridized carbons (Fsp3) is 0.500. The zero-order valence-corrected chi connectivity index (χ0v) is 29.5. The molecule has 3 aromatic rings. The lowest BCUT2D eigenvalue weighted by atomic mass is 9.43. The summed E-state index contributed by atoms with van der Waals surface area (Å²) in [6.07, 6.45) is 0.441. The predicted molar refractivity (Wildman–Crippen MR) is 186 cm³/mol. The maximum absolute atomic E-state index is 14.4. The summed E-state index contributed by atoms with van der Waals surface area (Å²) in [5, 5.41) is 3.12. The molecule has 3 aromatic carbocycles. The fourth-order valence-electron chi connectivity index (χ4n) is 12.3. The van der Waals surface area contributed by atoms with Gasteiger partial charge < -0.3 is 23.7 Å².